The molecule has 10 nitrogen and oxygen atoms in total. The Balaban J connectivity index is 1.72. The summed E-state index contributed by atoms with van der Waals surface area (Å²) in [5.74, 6) is 0.708. The van der Waals surface area contributed by atoms with Gasteiger partial charge in [-0.1, -0.05) is 33.1 Å². The van der Waals surface area contributed by atoms with Crippen LogP contribution in [0.25, 0.3) is 16.7 Å². The van der Waals surface area contributed by atoms with E-state index < -0.39 is 11.3 Å². The second kappa shape index (κ2) is 12.2. The normalized spacial score (nSPS) is 19.8. The fourth-order valence-corrected chi connectivity index (χ4v) is 6.62. The highest BCUT2D eigenvalue weighted by molar-refractivity contribution is 5.90. The van der Waals surface area contributed by atoms with Crippen molar-refractivity contribution in [3.05, 3.63) is 51.3 Å². The van der Waals surface area contributed by atoms with Crippen LogP contribution in [0, 0.1) is 18.3 Å². The van der Waals surface area contributed by atoms with Crippen LogP contribution in [-0.4, -0.2) is 61.3 Å². The maximum Gasteiger partial charge on any atom is 0.410 e. The number of ether oxygens (including phenoxy) is 1. The van der Waals surface area contributed by atoms with Gasteiger partial charge in [0.05, 0.1) is 28.0 Å². The summed E-state index contributed by atoms with van der Waals surface area (Å²) in [6.45, 7) is 16.5. The number of hydrogen-bond donors (Lipinski definition) is 0. The van der Waals surface area contributed by atoms with Crippen LogP contribution in [0.4, 0.5) is 10.6 Å². The highest BCUT2D eigenvalue weighted by atomic mass is 16.6. The van der Waals surface area contributed by atoms with E-state index >= 15 is 0 Å². The lowest BCUT2D eigenvalue weighted by Crippen LogP contribution is -2.59. The number of aromatic nitrogens is 4. The summed E-state index contributed by atoms with van der Waals surface area (Å²) in [4.78, 5) is 45.6. The number of nitriles is 1. The first-order chi connectivity index (χ1) is 20.8. The molecular weight excluding hydrogens is 554 g/mol. The lowest BCUT2D eigenvalue weighted by atomic mass is 9.85. The number of pyridine rings is 2. The number of nitrogens with zero attached hydrogens (tertiary/aromatic N) is 7. The molecule has 0 aromatic carbocycles. The zero-order valence-corrected chi connectivity index (χ0v) is 27.3. The van der Waals surface area contributed by atoms with Crippen LogP contribution < -0.4 is 10.6 Å². The molecule has 0 N–H and O–H groups in total. The quantitative estimate of drug-likeness (QED) is 0.340. The van der Waals surface area contributed by atoms with Crippen molar-refractivity contribution in [2.24, 2.45) is 0 Å². The summed E-state index contributed by atoms with van der Waals surface area (Å²) in [5, 5.41) is 11.0. The maximum absolute atomic E-state index is 14.2. The molecule has 0 unspecified atom stereocenters. The molecular formula is C34H45N7O3. The van der Waals surface area contributed by atoms with Gasteiger partial charge in [0, 0.05) is 37.3 Å². The molecule has 0 radical (unpaired) electrons. The van der Waals surface area contributed by atoms with Crippen molar-refractivity contribution in [2.45, 2.75) is 117 Å². The predicted octanol–water partition coefficient (Wildman–Crippen LogP) is 6.36. The van der Waals surface area contributed by atoms with Crippen LogP contribution in [0.3, 0.4) is 0 Å². The summed E-state index contributed by atoms with van der Waals surface area (Å²) >= 11 is 0. The number of aryl methyl sites for hydroxylation is 1. The average molecular weight is 600 g/mol. The first-order valence-electron chi connectivity index (χ1n) is 15.9. The Hall–Kier alpha value is -4.00. The zero-order chi connectivity index (χ0) is 31.9. The number of amides is 1. The van der Waals surface area contributed by atoms with E-state index in [1.807, 2.05) is 53.7 Å². The Morgan fingerprint density at radius 3 is 2.43 bits per heavy atom. The monoisotopic (exact) mass is 599 g/mol. The predicted molar refractivity (Wildman–Crippen MR) is 172 cm³/mol. The molecule has 10 heteroatoms. The molecule has 1 saturated carbocycles. The maximum atomic E-state index is 14.2. The van der Waals surface area contributed by atoms with E-state index in [-0.39, 0.29) is 30.0 Å². The van der Waals surface area contributed by atoms with Gasteiger partial charge < -0.3 is 14.5 Å². The van der Waals surface area contributed by atoms with Crippen molar-refractivity contribution in [2.75, 3.05) is 18.0 Å². The number of anilines is 1. The Bertz CT molecular complexity index is 1660. The molecule has 0 bridgehead atoms. The fourth-order valence-electron chi connectivity index (χ4n) is 6.62. The van der Waals surface area contributed by atoms with Gasteiger partial charge in [0.15, 0.2) is 5.65 Å². The molecule has 1 amide bonds. The molecule has 3 aromatic rings. The van der Waals surface area contributed by atoms with Gasteiger partial charge in [0.2, 0.25) is 0 Å². The van der Waals surface area contributed by atoms with E-state index in [9.17, 15) is 14.9 Å². The van der Waals surface area contributed by atoms with E-state index in [1.165, 1.54) is 6.42 Å². The minimum absolute atomic E-state index is 0.0597. The highest BCUT2D eigenvalue weighted by Crippen LogP contribution is 2.37. The van der Waals surface area contributed by atoms with E-state index in [1.54, 1.807) is 15.7 Å². The van der Waals surface area contributed by atoms with Crippen LogP contribution in [-0.2, 0) is 4.74 Å². The molecule has 1 saturated heterocycles. The molecule has 3 aromatic heterocycles. The Morgan fingerprint density at radius 1 is 1.09 bits per heavy atom. The van der Waals surface area contributed by atoms with E-state index in [0.717, 1.165) is 42.6 Å². The highest BCUT2D eigenvalue weighted by Gasteiger charge is 2.37. The Labute approximate surface area is 260 Å². The Kier molecular flexibility index (Phi) is 8.70. The SMILES string of the molecule is Cc1ccnc(C(C)C)c1-n1c(=O)nc(N2C[C@@H](C)N(C(=O)OC(C)(C)C)C[C@@H]2C)c2cc(C#N)c(C3CCCCC3)nc21. The van der Waals surface area contributed by atoms with Crippen molar-refractivity contribution >= 4 is 22.9 Å². The minimum Gasteiger partial charge on any atom is -0.444 e. The largest absolute Gasteiger partial charge is 0.444 e. The molecule has 2 aliphatic rings. The Morgan fingerprint density at radius 2 is 1.80 bits per heavy atom. The number of hydrogen-bond acceptors (Lipinski definition) is 8. The summed E-state index contributed by atoms with van der Waals surface area (Å²) in [7, 11) is 0. The average Bonchev–Trinajstić information content (AvgIpc) is 2.97. The third-order valence-electron chi connectivity index (χ3n) is 8.80. The molecule has 2 fully saturated rings. The number of fused-ring (bicyclic) bond motifs is 1. The van der Waals surface area contributed by atoms with Crippen LogP contribution in [0.1, 0.15) is 115 Å². The number of rotatable bonds is 4. The molecule has 44 heavy (non-hydrogen) atoms. The molecule has 234 valence electrons. The first-order valence-corrected chi connectivity index (χ1v) is 15.9. The summed E-state index contributed by atoms with van der Waals surface area (Å²) in [6.07, 6.45) is 6.73. The first kappa shape index (κ1) is 31.4. The lowest BCUT2D eigenvalue weighted by molar-refractivity contribution is 0.0130. The zero-order valence-electron chi connectivity index (χ0n) is 27.3. The van der Waals surface area contributed by atoms with Gasteiger partial charge in [0.25, 0.3) is 0 Å². The smallest absolute Gasteiger partial charge is 0.410 e. The number of carbonyl (C=O) groups excluding carboxylic acids is 1. The third-order valence-corrected chi connectivity index (χ3v) is 8.80. The topological polar surface area (TPSA) is 117 Å². The molecule has 1 aliphatic heterocycles. The van der Waals surface area contributed by atoms with Gasteiger partial charge in [-0.05, 0) is 78.0 Å². The van der Waals surface area contributed by atoms with Crippen molar-refractivity contribution < 1.29 is 9.53 Å². The molecule has 2 atom stereocenters. The lowest BCUT2D eigenvalue weighted by Gasteiger charge is -2.44. The van der Waals surface area contributed by atoms with Gasteiger partial charge in [-0.2, -0.15) is 10.2 Å². The van der Waals surface area contributed by atoms with E-state index in [0.29, 0.717) is 41.2 Å². The van der Waals surface area contributed by atoms with Gasteiger partial charge in [-0.3, -0.25) is 4.98 Å². The van der Waals surface area contributed by atoms with Gasteiger partial charge >= 0.3 is 11.8 Å². The fraction of sp³-hybridized carbons (Fsp3) is 0.588. The molecule has 1 aliphatic carbocycles. The van der Waals surface area contributed by atoms with Crippen molar-refractivity contribution in [3.8, 4) is 11.8 Å². The summed E-state index contributed by atoms with van der Waals surface area (Å²) in [6, 6.07) is 5.83. The van der Waals surface area contributed by atoms with Gasteiger partial charge in [-0.25, -0.2) is 19.1 Å². The minimum atomic E-state index is -0.603. The molecule has 4 heterocycles. The second-order valence-electron chi connectivity index (χ2n) is 13.8. The van der Waals surface area contributed by atoms with Gasteiger partial charge in [0.1, 0.15) is 17.5 Å². The summed E-state index contributed by atoms with van der Waals surface area (Å²) < 4.78 is 7.29. The molecule has 0 spiro atoms. The number of piperazine rings is 1. The third kappa shape index (κ3) is 6.01. The van der Waals surface area contributed by atoms with E-state index in [4.69, 9.17) is 14.7 Å². The molecule has 5 rings (SSSR count). The second-order valence-corrected chi connectivity index (χ2v) is 13.8. The van der Waals surface area contributed by atoms with Crippen molar-refractivity contribution in [1.82, 2.24) is 24.4 Å². The number of carbonyl (C=O) groups is 1. The van der Waals surface area contributed by atoms with Crippen molar-refractivity contribution in [1.29, 1.82) is 5.26 Å². The van der Waals surface area contributed by atoms with E-state index in [2.05, 4.69) is 29.8 Å². The van der Waals surface area contributed by atoms with Crippen LogP contribution in [0.15, 0.2) is 23.1 Å². The van der Waals surface area contributed by atoms with Crippen LogP contribution >= 0.6 is 0 Å². The summed E-state index contributed by atoms with van der Waals surface area (Å²) in [5.41, 5.74) is 3.12. The van der Waals surface area contributed by atoms with Crippen LogP contribution in [0.5, 0.6) is 0 Å². The standard InChI is InChI=1S/C34H45N7O3/c1-20(2)27-29(21(3)14-15-36-27)41-31-26(16-25(17-35)28(37-31)24-12-10-9-11-13-24)30(38-32(41)42)39-18-23(5)40(19-22(39)4)33(43)44-34(6,7)8/h14-16,20,22-24H,9-13,18-19H2,1-8H3/t22-,23+/m0/s1. The van der Waals surface area contributed by atoms with Gasteiger partial charge in [-0.15, -0.1) is 0 Å². The van der Waals surface area contributed by atoms with Crippen molar-refractivity contribution in [3.63, 3.8) is 0 Å². The van der Waals surface area contributed by atoms with Crippen LogP contribution in [0.2, 0.25) is 0 Å².